The van der Waals surface area contributed by atoms with E-state index in [1.54, 1.807) is 6.92 Å². The van der Waals surface area contributed by atoms with E-state index in [2.05, 4.69) is 4.98 Å². The van der Waals surface area contributed by atoms with E-state index in [9.17, 15) is 4.79 Å². The number of carbonyl (C=O) groups is 1. The third kappa shape index (κ3) is 2.40. The Morgan fingerprint density at radius 1 is 1.21 bits per heavy atom. The highest BCUT2D eigenvalue weighted by Crippen LogP contribution is 2.45. The van der Waals surface area contributed by atoms with Gasteiger partial charge in [0.25, 0.3) is 0 Å². The van der Waals surface area contributed by atoms with Gasteiger partial charge in [0.1, 0.15) is 0 Å². The van der Waals surface area contributed by atoms with E-state index in [1.165, 1.54) is 32.1 Å². The maximum absolute atomic E-state index is 11.0. The summed E-state index contributed by atoms with van der Waals surface area (Å²) >= 11 is 0. The SMILES string of the molecule is Cc1nc(C2CCC3CCCCC3C2)oc1C(=O)O. The molecule has 104 valence electrons. The van der Waals surface area contributed by atoms with Crippen LogP contribution >= 0.6 is 0 Å². The summed E-state index contributed by atoms with van der Waals surface area (Å²) in [6.45, 7) is 1.71. The van der Waals surface area contributed by atoms with Crippen molar-refractivity contribution in [2.45, 2.75) is 57.8 Å². The molecule has 0 amide bonds. The van der Waals surface area contributed by atoms with Gasteiger partial charge in [-0.2, -0.15) is 0 Å². The van der Waals surface area contributed by atoms with Gasteiger partial charge < -0.3 is 9.52 Å². The van der Waals surface area contributed by atoms with Crippen LogP contribution in [-0.4, -0.2) is 16.1 Å². The summed E-state index contributed by atoms with van der Waals surface area (Å²) in [5.74, 6) is 1.67. The Bertz CT molecular complexity index is 480. The van der Waals surface area contributed by atoms with Crippen LogP contribution in [0.5, 0.6) is 0 Å². The molecule has 3 atom stereocenters. The topological polar surface area (TPSA) is 63.3 Å². The van der Waals surface area contributed by atoms with E-state index in [0.29, 0.717) is 17.5 Å². The molecular weight excluding hydrogens is 242 g/mol. The molecule has 0 spiro atoms. The number of oxazole rings is 1. The molecule has 4 heteroatoms. The minimum atomic E-state index is -1.01. The molecule has 3 unspecified atom stereocenters. The van der Waals surface area contributed by atoms with Crippen LogP contribution in [0.1, 0.15) is 73.0 Å². The van der Waals surface area contributed by atoms with Gasteiger partial charge in [0, 0.05) is 5.92 Å². The van der Waals surface area contributed by atoms with Crippen LogP contribution in [0.25, 0.3) is 0 Å². The summed E-state index contributed by atoms with van der Waals surface area (Å²) in [5.41, 5.74) is 0.508. The summed E-state index contributed by atoms with van der Waals surface area (Å²) in [6, 6.07) is 0. The first-order chi connectivity index (χ1) is 9.15. The lowest BCUT2D eigenvalue weighted by molar-refractivity contribution is 0.0656. The van der Waals surface area contributed by atoms with Gasteiger partial charge in [0.05, 0.1) is 5.69 Å². The predicted octanol–water partition coefficient (Wildman–Crippen LogP) is 3.76. The van der Waals surface area contributed by atoms with Crippen molar-refractivity contribution < 1.29 is 14.3 Å². The fourth-order valence-corrected chi connectivity index (χ4v) is 3.89. The molecule has 2 aliphatic rings. The molecule has 1 aromatic rings. The van der Waals surface area contributed by atoms with Gasteiger partial charge >= 0.3 is 5.97 Å². The Hall–Kier alpha value is -1.32. The van der Waals surface area contributed by atoms with E-state index in [0.717, 1.165) is 24.7 Å². The lowest BCUT2D eigenvalue weighted by Crippen LogP contribution is -2.26. The Morgan fingerprint density at radius 3 is 2.63 bits per heavy atom. The van der Waals surface area contributed by atoms with Gasteiger partial charge in [-0.05, 0) is 38.0 Å². The number of carboxylic acids is 1. The average Bonchev–Trinajstić information content (AvgIpc) is 2.80. The average molecular weight is 263 g/mol. The Labute approximate surface area is 113 Å². The van der Waals surface area contributed by atoms with Crippen molar-refractivity contribution in [3.8, 4) is 0 Å². The Morgan fingerprint density at radius 2 is 1.95 bits per heavy atom. The number of hydrogen-bond donors (Lipinski definition) is 1. The highest BCUT2D eigenvalue weighted by atomic mass is 16.4. The lowest BCUT2D eigenvalue weighted by Gasteiger charge is -2.38. The van der Waals surface area contributed by atoms with Crippen molar-refractivity contribution in [1.82, 2.24) is 4.98 Å². The van der Waals surface area contributed by atoms with Crippen LogP contribution in [0.4, 0.5) is 0 Å². The zero-order chi connectivity index (χ0) is 13.4. The monoisotopic (exact) mass is 263 g/mol. The standard InChI is InChI=1S/C15H21NO3/c1-9-13(15(17)18)19-14(16-9)12-7-6-10-4-2-3-5-11(10)8-12/h10-12H,2-8H2,1H3,(H,17,18). The summed E-state index contributed by atoms with van der Waals surface area (Å²) in [7, 11) is 0. The fourth-order valence-electron chi connectivity index (χ4n) is 3.89. The quantitative estimate of drug-likeness (QED) is 0.882. The number of rotatable bonds is 2. The third-order valence-electron chi connectivity index (χ3n) is 4.90. The van der Waals surface area contributed by atoms with Crippen LogP contribution in [0.15, 0.2) is 4.42 Å². The van der Waals surface area contributed by atoms with Crippen molar-refractivity contribution in [1.29, 1.82) is 0 Å². The molecule has 2 aliphatic carbocycles. The number of carboxylic acid groups (broad SMARTS) is 1. The molecule has 1 N–H and O–H groups in total. The van der Waals surface area contributed by atoms with E-state index in [4.69, 9.17) is 9.52 Å². The second kappa shape index (κ2) is 4.99. The zero-order valence-corrected chi connectivity index (χ0v) is 11.4. The summed E-state index contributed by atoms with van der Waals surface area (Å²) in [4.78, 5) is 15.4. The van der Waals surface area contributed by atoms with Crippen LogP contribution in [0.2, 0.25) is 0 Å². The van der Waals surface area contributed by atoms with Crippen LogP contribution in [0, 0.1) is 18.8 Å². The number of hydrogen-bond acceptors (Lipinski definition) is 3. The Kier molecular flexibility index (Phi) is 3.33. The first-order valence-electron chi connectivity index (χ1n) is 7.35. The third-order valence-corrected chi connectivity index (χ3v) is 4.90. The maximum Gasteiger partial charge on any atom is 0.373 e. The summed E-state index contributed by atoms with van der Waals surface area (Å²) in [5, 5.41) is 9.03. The molecule has 0 radical (unpaired) electrons. The van der Waals surface area contributed by atoms with Gasteiger partial charge in [-0.1, -0.05) is 25.7 Å². The minimum Gasteiger partial charge on any atom is -0.475 e. The number of nitrogens with zero attached hydrogens (tertiary/aromatic N) is 1. The van der Waals surface area contributed by atoms with Crippen LogP contribution in [-0.2, 0) is 0 Å². The number of aromatic nitrogens is 1. The van der Waals surface area contributed by atoms with Gasteiger partial charge in [0.15, 0.2) is 5.89 Å². The molecule has 3 rings (SSSR count). The van der Waals surface area contributed by atoms with E-state index in [1.807, 2.05) is 0 Å². The molecular formula is C15H21NO3. The smallest absolute Gasteiger partial charge is 0.373 e. The van der Waals surface area contributed by atoms with Gasteiger partial charge in [-0.25, -0.2) is 9.78 Å². The van der Waals surface area contributed by atoms with E-state index >= 15 is 0 Å². The van der Waals surface area contributed by atoms with Crippen LogP contribution in [0.3, 0.4) is 0 Å². The second-order valence-electron chi connectivity index (χ2n) is 6.09. The molecule has 1 heterocycles. The van der Waals surface area contributed by atoms with Crippen molar-refractivity contribution in [2.24, 2.45) is 11.8 Å². The molecule has 4 nitrogen and oxygen atoms in total. The number of aromatic carboxylic acids is 1. The molecule has 19 heavy (non-hydrogen) atoms. The van der Waals surface area contributed by atoms with Gasteiger partial charge in [-0.3, -0.25) is 0 Å². The molecule has 2 fully saturated rings. The van der Waals surface area contributed by atoms with E-state index in [-0.39, 0.29) is 5.76 Å². The maximum atomic E-state index is 11.0. The zero-order valence-electron chi connectivity index (χ0n) is 11.4. The van der Waals surface area contributed by atoms with Crippen LogP contribution < -0.4 is 0 Å². The van der Waals surface area contributed by atoms with Crippen molar-refractivity contribution in [2.75, 3.05) is 0 Å². The molecule has 0 saturated heterocycles. The summed E-state index contributed by atoms with van der Waals surface area (Å²) < 4.78 is 5.48. The largest absolute Gasteiger partial charge is 0.475 e. The van der Waals surface area contributed by atoms with Crippen molar-refractivity contribution in [3.63, 3.8) is 0 Å². The minimum absolute atomic E-state index is 0.0146. The van der Waals surface area contributed by atoms with E-state index < -0.39 is 5.97 Å². The fraction of sp³-hybridized carbons (Fsp3) is 0.733. The van der Waals surface area contributed by atoms with Gasteiger partial charge in [-0.15, -0.1) is 0 Å². The molecule has 2 saturated carbocycles. The molecule has 0 aliphatic heterocycles. The lowest BCUT2D eigenvalue weighted by atomic mass is 9.67. The molecule has 0 bridgehead atoms. The highest BCUT2D eigenvalue weighted by Gasteiger charge is 2.35. The second-order valence-corrected chi connectivity index (χ2v) is 6.09. The number of aryl methyl sites for hydroxylation is 1. The molecule has 0 aromatic carbocycles. The van der Waals surface area contributed by atoms with Crippen molar-refractivity contribution >= 4 is 5.97 Å². The first kappa shape index (κ1) is 12.7. The first-order valence-corrected chi connectivity index (χ1v) is 7.35. The summed E-state index contributed by atoms with van der Waals surface area (Å²) in [6.07, 6.45) is 8.91. The van der Waals surface area contributed by atoms with Crippen molar-refractivity contribution in [3.05, 3.63) is 17.3 Å². The Balaban J connectivity index is 1.76. The normalized spacial score (nSPS) is 30.9. The molecule has 1 aromatic heterocycles. The number of fused-ring (bicyclic) bond motifs is 1. The highest BCUT2D eigenvalue weighted by molar-refractivity contribution is 5.85. The van der Waals surface area contributed by atoms with Gasteiger partial charge in [0.2, 0.25) is 5.76 Å². The predicted molar refractivity (Wildman–Crippen MR) is 70.2 cm³/mol.